The molecule has 0 unspecified atom stereocenters. The van der Waals surface area contributed by atoms with Gasteiger partial charge in [-0.05, 0) is 26.3 Å². The van der Waals surface area contributed by atoms with E-state index in [1.807, 2.05) is 45.0 Å². The molecule has 0 aliphatic carbocycles. The van der Waals surface area contributed by atoms with Gasteiger partial charge in [0.1, 0.15) is 0 Å². The SMILES string of the molecule is Cc1cccc(CS(=O)(=O)NC(C)C)c1. The third-order valence-corrected chi connectivity index (χ3v) is 3.40. The van der Waals surface area contributed by atoms with Gasteiger partial charge in [0, 0.05) is 6.04 Å². The third kappa shape index (κ3) is 4.44. The quantitative estimate of drug-likeness (QED) is 0.853. The van der Waals surface area contributed by atoms with Gasteiger partial charge in [0.2, 0.25) is 10.0 Å². The molecular weight excluding hydrogens is 210 g/mol. The summed E-state index contributed by atoms with van der Waals surface area (Å²) in [5.41, 5.74) is 1.90. The Morgan fingerprint density at radius 3 is 2.53 bits per heavy atom. The van der Waals surface area contributed by atoms with Gasteiger partial charge in [-0.15, -0.1) is 0 Å². The standard InChI is InChI=1S/C11H17NO2S/c1-9(2)12-15(13,14)8-11-6-4-5-10(3)7-11/h4-7,9,12H,8H2,1-3H3. The van der Waals surface area contributed by atoms with Crippen LogP contribution in [0.25, 0.3) is 0 Å². The Morgan fingerprint density at radius 2 is 2.00 bits per heavy atom. The molecule has 0 aliphatic rings. The lowest BCUT2D eigenvalue weighted by atomic mass is 10.2. The van der Waals surface area contributed by atoms with Crippen LogP contribution >= 0.6 is 0 Å². The van der Waals surface area contributed by atoms with Crippen LogP contribution in [-0.2, 0) is 15.8 Å². The molecule has 1 rings (SSSR count). The Hall–Kier alpha value is -0.870. The minimum atomic E-state index is -3.20. The van der Waals surface area contributed by atoms with Crippen molar-refractivity contribution in [2.45, 2.75) is 32.6 Å². The van der Waals surface area contributed by atoms with E-state index in [2.05, 4.69) is 4.72 Å². The van der Waals surface area contributed by atoms with Crippen LogP contribution in [0, 0.1) is 6.92 Å². The van der Waals surface area contributed by atoms with Crippen LogP contribution in [0.1, 0.15) is 25.0 Å². The molecule has 0 amide bonds. The Morgan fingerprint density at radius 1 is 1.33 bits per heavy atom. The van der Waals surface area contributed by atoms with E-state index in [1.54, 1.807) is 0 Å². The average Bonchev–Trinajstić information content (AvgIpc) is 1.99. The van der Waals surface area contributed by atoms with Crippen molar-refractivity contribution in [2.24, 2.45) is 0 Å². The van der Waals surface area contributed by atoms with E-state index in [4.69, 9.17) is 0 Å². The smallest absolute Gasteiger partial charge is 0.212 e. The van der Waals surface area contributed by atoms with Gasteiger partial charge in [-0.1, -0.05) is 29.8 Å². The molecule has 0 heterocycles. The lowest BCUT2D eigenvalue weighted by molar-refractivity contribution is 0.569. The minimum Gasteiger partial charge on any atom is -0.212 e. The molecule has 3 nitrogen and oxygen atoms in total. The molecule has 0 atom stereocenters. The summed E-state index contributed by atoms with van der Waals surface area (Å²) in [7, 11) is -3.20. The molecule has 0 aromatic heterocycles. The number of aryl methyl sites for hydroxylation is 1. The summed E-state index contributed by atoms with van der Waals surface area (Å²) in [6, 6.07) is 7.48. The first-order valence-corrected chi connectivity index (χ1v) is 6.60. The molecule has 1 aromatic carbocycles. The highest BCUT2D eigenvalue weighted by atomic mass is 32.2. The number of benzene rings is 1. The van der Waals surface area contributed by atoms with Crippen molar-refractivity contribution in [3.8, 4) is 0 Å². The van der Waals surface area contributed by atoms with E-state index < -0.39 is 10.0 Å². The zero-order valence-electron chi connectivity index (χ0n) is 9.32. The molecule has 4 heteroatoms. The average molecular weight is 227 g/mol. The van der Waals surface area contributed by atoms with Crippen LogP contribution < -0.4 is 4.72 Å². The van der Waals surface area contributed by atoms with Crippen molar-refractivity contribution in [2.75, 3.05) is 0 Å². The molecule has 0 aliphatic heterocycles. The fraction of sp³-hybridized carbons (Fsp3) is 0.455. The summed E-state index contributed by atoms with van der Waals surface area (Å²) in [4.78, 5) is 0. The summed E-state index contributed by atoms with van der Waals surface area (Å²) in [6.07, 6.45) is 0. The summed E-state index contributed by atoms with van der Waals surface area (Å²) in [6.45, 7) is 5.58. The molecule has 0 spiro atoms. The lowest BCUT2D eigenvalue weighted by Gasteiger charge is -2.09. The summed E-state index contributed by atoms with van der Waals surface area (Å²) < 4.78 is 25.8. The van der Waals surface area contributed by atoms with Gasteiger partial charge in [-0.2, -0.15) is 0 Å². The van der Waals surface area contributed by atoms with Crippen LogP contribution in [0.15, 0.2) is 24.3 Å². The summed E-state index contributed by atoms with van der Waals surface area (Å²) in [5, 5.41) is 0. The highest BCUT2D eigenvalue weighted by molar-refractivity contribution is 7.88. The van der Waals surface area contributed by atoms with Gasteiger partial charge in [0.15, 0.2) is 0 Å². The maximum atomic E-state index is 11.6. The van der Waals surface area contributed by atoms with Gasteiger partial charge in [-0.3, -0.25) is 0 Å². The van der Waals surface area contributed by atoms with Crippen molar-refractivity contribution in [1.82, 2.24) is 4.72 Å². The molecule has 15 heavy (non-hydrogen) atoms. The largest absolute Gasteiger partial charge is 0.216 e. The Kier molecular flexibility index (Phi) is 3.88. The van der Waals surface area contributed by atoms with E-state index in [9.17, 15) is 8.42 Å². The Labute approximate surface area is 91.6 Å². The molecule has 1 aromatic rings. The maximum absolute atomic E-state index is 11.6. The van der Waals surface area contributed by atoms with E-state index >= 15 is 0 Å². The van der Waals surface area contributed by atoms with Crippen molar-refractivity contribution in [3.63, 3.8) is 0 Å². The highest BCUT2D eigenvalue weighted by Gasteiger charge is 2.12. The van der Waals surface area contributed by atoms with Crippen LogP contribution in [0.5, 0.6) is 0 Å². The van der Waals surface area contributed by atoms with E-state index in [-0.39, 0.29) is 11.8 Å². The second kappa shape index (κ2) is 4.77. The second-order valence-electron chi connectivity index (χ2n) is 4.02. The number of rotatable bonds is 4. The zero-order valence-corrected chi connectivity index (χ0v) is 10.1. The zero-order chi connectivity index (χ0) is 11.5. The second-order valence-corrected chi connectivity index (χ2v) is 5.77. The molecule has 0 bridgehead atoms. The van der Waals surface area contributed by atoms with Gasteiger partial charge in [0.05, 0.1) is 5.75 Å². The number of hydrogen-bond acceptors (Lipinski definition) is 2. The normalized spacial score (nSPS) is 12.0. The molecule has 0 saturated carbocycles. The van der Waals surface area contributed by atoms with Crippen molar-refractivity contribution < 1.29 is 8.42 Å². The molecule has 0 radical (unpaired) electrons. The number of sulfonamides is 1. The predicted molar refractivity (Wildman–Crippen MR) is 62.1 cm³/mol. The highest BCUT2D eigenvalue weighted by Crippen LogP contribution is 2.07. The number of hydrogen-bond donors (Lipinski definition) is 1. The first kappa shape index (κ1) is 12.2. The first-order valence-electron chi connectivity index (χ1n) is 4.94. The van der Waals surface area contributed by atoms with Crippen LogP contribution in [0.4, 0.5) is 0 Å². The molecule has 1 N–H and O–H groups in total. The summed E-state index contributed by atoms with van der Waals surface area (Å²) in [5.74, 6) is 0.0485. The van der Waals surface area contributed by atoms with Gasteiger partial charge < -0.3 is 0 Å². The topological polar surface area (TPSA) is 46.2 Å². The maximum Gasteiger partial charge on any atom is 0.216 e. The van der Waals surface area contributed by atoms with Crippen molar-refractivity contribution in [3.05, 3.63) is 35.4 Å². The molecular formula is C11H17NO2S. The van der Waals surface area contributed by atoms with Gasteiger partial charge in [0.25, 0.3) is 0 Å². The van der Waals surface area contributed by atoms with Crippen molar-refractivity contribution >= 4 is 10.0 Å². The van der Waals surface area contributed by atoms with Crippen molar-refractivity contribution in [1.29, 1.82) is 0 Å². The van der Waals surface area contributed by atoms with Crippen LogP contribution in [0.3, 0.4) is 0 Å². The molecule has 84 valence electrons. The van der Waals surface area contributed by atoms with Gasteiger partial charge in [-0.25, -0.2) is 13.1 Å². The fourth-order valence-electron chi connectivity index (χ4n) is 1.42. The third-order valence-electron chi connectivity index (χ3n) is 1.85. The van der Waals surface area contributed by atoms with Crippen LogP contribution in [-0.4, -0.2) is 14.5 Å². The Bertz CT molecular complexity index is 424. The monoisotopic (exact) mass is 227 g/mol. The van der Waals surface area contributed by atoms with E-state index in [0.717, 1.165) is 11.1 Å². The molecule has 0 saturated heterocycles. The predicted octanol–water partition coefficient (Wildman–Crippen LogP) is 1.82. The minimum absolute atomic E-state index is 0.0485. The summed E-state index contributed by atoms with van der Waals surface area (Å²) >= 11 is 0. The fourth-order valence-corrected chi connectivity index (χ4v) is 2.84. The lowest BCUT2D eigenvalue weighted by Crippen LogP contribution is -2.31. The van der Waals surface area contributed by atoms with E-state index in [0.29, 0.717) is 0 Å². The van der Waals surface area contributed by atoms with Crippen LogP contribution in [0.2, 0.25) is 0 Å². The Balaban J connectivity index is 2.78. The number of nitrogens with one attached hydrogen (secondary N) is 1. The molecule has 0 fully saturated rings. The first-order chi connectivity index (χ1) is 6.89. The van der Waals surface area contributed by atoms with E-state index in [1.165, 1.54) is 0 Å². The van der Waals surface area contributed by atoms with Gasteiger partial charge >= 0.3 is 0 Å².